The highest BCUT2D eigenvalue weighted by Crippen LogP contribution is 2.28. The van der Waals surface area contributed by atoms with Crippen LogP contribution in [0.4, 0.5) is 10.3 Å². The van der Waals surface area contributed by atoms with Gasteiger partial charge < -0.3 is 9.64 Å². The van der Waals surface area contributed by atoms with Crippen molar-refractivity contribution in [2.45, 2.75) is 19.8 Å². The zero-order valence-electron chi connectivity index (χ0n) is 18.0. The predicted molar refractivity (Wildman–Crippen MR) is 122 cm³/mol. The molecular formula is C24H26FN5O. The van der Waals surface area contributed by atoms with E-state index in [0.717, 1.165) is 34.4 Å². The molecule has 0 bridgehead atoms. The van der Waals surface area contributed by atoms with Gasteiger partial charge in [0, 0.05) is 51.2 Å². The molecule has 0 unspecified atom stereocenters. The van der Waals surface area contributed by atoms with Crippen molar-refractivity contribution in [3.63, 3.8) is 0 Å². The van der Waals surface area contributed by atoms with E-state index in [4.69, 9.17) is 4.74 Å². The van der Waals surface area contributed by atoms with Gasteiger partial charge in [0.15, 0.2) is 6.40 Å². The molecule has 0 radical (unpaired) electrons. The molecule has 1 aromatic carbocycles. The smallest absolute Gasteiger partial charge is 0.225 e. The fraction of sp³-hybridized carbons (Fsp3) is 0.250. The molecule has 7 heteroatoms. The van der Waals surface area contributed by atoms with E-state index < -0.39 is 0 Å². The second kappa shape index (κ2) is 11.0. The fourth-order valence-electron chi connectivity index (χ4n) is 3.21. The minimum Gasteiger partial charge on any atom is -0.454 e. The lowest BCUT2D eigenvalue weighted by Crippen LogP contribution is -2.19. The van der Waals surface area contributed by atoms with Crippen LogP contribution in [-0.4, -0.2) is 42.0 Å². The molecule has 0 aliphatic rings. The van der Waals surface area contributed by atoms with E-state index in [1.807, 2.05) is 55.5 Å². The van der Waals surface area contributed by atoms with Gasteiger partial charge in [-0.05, 0) is 47.4 Å². The summed E-state index contributed by atoms with van der Waals surface area (Å²) in [6.45, 7) is 2.63. The minimum atomic E-state index is -0.223. The third-order valence-electron chi connectivity index (χ3n) is 4.75. The largest absolute Gasteiger partial charge is 0.454 e. The number of ether oxygens (including phenoxy) is 1. The van der Waals surface area contributed by atoms with Crippen LogP contribution in [-0.2, 0) is 17.6 Å². The van der Waals surface area contributed by atoms with E-state index in [9.17, 15) is 4.39 Å². The molecule has 0 aliphatic heterocycles. The molecule has 160 valence electrons. The van der Waals surface area contributed by atoms with Crippen LogP contribution in [0, 0.1) is 5.82 Å². The van der Waals surface area contributed by atoms with Crippen LogP contribution in [0.25, 0.3) is 11.1 Å². The van der Waals surface area contributed by atoms with Crippen LogP contribution in [0.3, 0.4) is 0 Å². The first-order valence-electron chi connectivity index (χ1n) is 10.1. The number of rotatable bonds is 9. The van der Waals surface area contributed by atoms with Gasteiger partial charge in [0.25, 0.3) is 0 Å². The van der Waals surface area contributed by atoms with E-state index in [2.05, 4.69) is 19.9 Å². The maximum atomic E-state index is 13.7. The quantitative estimate of drug-likeness (QED) is 0.291. The number of aryl methyl sites for hydroxylation is 1. The molecule has 3 rings (SSSR count). The van der Waals surface area contributed by atoms with Crippen molar-refractivity contribution in [1.82, 2.24) is 15.0 Å². The number of hydrogen-bond donors (Lipinski definition) is 0. The van der Waals surface area contributed by atoms with E-state index in [-0.39, 0.29) is 5.82 Å². The van der Waals surface area contributed by atoms with Crippen LogP contribution >= 0.6 is 0 Å². The third kappa shape index (κ3) is 5.94. The van der Waals surface area contributed by atoms with Crippen LogP contribution in [0.15, 0.2) is 66.3 Å². The average Bonchev–Trinajstić information content (AvgIpc) is 2.79. The number of aliphatic imine (C=N–C) groups is 1. The molecule has 3 aromatic rings. The number of aromatic nitrogens is 3. The topological polar surface area (TPSA) is 63.5 Å². The lowest BCUT2D eigenvalue weighted by Gasteiger charge is -2.15. The summed E-state index contributed by atoms with van der Waals surface area (Å²) in [5.41, 5.74) is 4.83. The van der Waals surface area contributed by atoms with Gasteiger partial charge in [-0.15, -0.1) is 0 Å². The fourth-order valence-corrected chi connectivity index (χ4v) is 3.21. The SMILES string of the molecule is CCc1cc(F)ccc1-c1cccnc1Cc1cnc(N(C)C/C=C/OC=NC)nc1. The third-order valence-corrected chi connectivity index (χ3v) is 4.75. The highest BCUT2D eigenvalue weighted by molar-refractivity contribution is 5.70. The first kappa shape index (κ1) is 22.1. The summed E-state index contributed by atoms with van der Waals surface area (Å²) in [6.07, 6.45) is 11.5. The Morgan fingerprint density at radius 1 is 1.13 bits per heavy atom. The number of nitrogens with zero attached hydrogens (tertiary/aromatic N) is 5. The first-order valence-corrected chi connectivity index (χ1v) is 10.1. The molecule has 0 aliphatic carbocycles. The molecule has 0 fully saturated rings. The van der Waals surface area contributed by atoms with Crippen LogP contribution < -0.4 is 4.90 Å². The summed E-state index contributed by atoms with van der Waals surface area (Å²) >= 11 is 0. The standard InChI is InChI=1S/C24H26FN5O/c1-4-19-14-20(25)8-9-21(19)22-7-5-10-27-23(22)13-18-15-28-24(29-16-18)30(3)11-6-12-31-17-26-2/h5-10,12,14-17H,4,11,13H2,1-3H3/b12-6+,26-17?. The van der Waals surface area contributed by atoms with Crippen molar-refractivity contribution >= 4 is 12.3 Å². The number of anilines is 1. The lowest BCUT2D eigenvalue weighted by molar-refractivity contribution is 0.491. The summed E-state index contributed by atoms with van der Waals surface area (Å²) in [6, 6.07) is 8.84. The molecule has 2 aromatic heterocycles. The Balaban J connectivity index is 1.75. The number of pyridine rings is 1. The Kier molecular flexibility index (Phi) is 7.81. The van der Waals surface area contributed by atoms with Gasteiger partial charge in [-0.3, -0.25) is 9.98 Å². The molecular weight excluding hydrogens is 393 g/mol. The number of hydrogen-bond acceptors (Lipinski definition) is 6. The lowest BCUT2D eigenvalue weighted by atomic mass is 9.95. The Labute approximate surface area is 182 Å². The van der Waals surface area contributed by atoms with Gasteiger partial charge in [0.2, 0.25) is 5.95 Å². The predicted octanol–water partition coefficient (Wildman–Crippen LogP) is 4.46. The van der Waals surface area contributed by atoms with Gasteiger partial charge in [-0.2, -0.15) is 0 Å². The van der Waals surface area contributed by atoms with Crippen molar-refractivity contribution < 1.29 is 9.13 Å². The van der Waals surface area contributed by atoms with E-state index in [0.29, 0.717) is 18.9 Å². The molecule has 0 saturated carbocycles. The Morgan fingerprint density at radius 2 is 1.94 bits per heavy atom. The van der Waals surface area contributed by atoms with Crippen LogP contribution in [0.1, 0.15) is 23.7 Å². The highest BCUT2D eigenvalue weighted by Gasteiger charge is 2.12. The van der Waals surface area contributed by atoms with Crippen molar-refractivity contribution in [1.29, 1.82) is 0 Å². The van der Waals surface area contributed by atoms with Gasteiger partial charge >= 0.3 is 0 Å². The maximum absolute atomic E-state index is 13.7. The van der Waals surface area contributed by atoms with Gasteiger partial charge in [0.05, 0.1) is 12.0 Å². The van der Waals surface area contributed by atoms with Gasteiger partial charge in [-0.25, -0.2) is 14.4 Å². The zero-order chi connectivity index (χ0) is 22.1. The normalized spacial score (nSPS) is 11.4. The molecule has 6 nitrogen and oxygen atoms in total. The van der Waals surface area contributed by atoms with E-state index in [1.165, 1.54) is 12.5 Å². The number of benzene rings is 1. The van der Waals surface area contributed by atoms with E-state index in [1.54, 1.807) is 25.6 Å². The molecule has 0 N–H and O–H groups in total. The molecule has 0 saturated heterocycles. The molecule has 0 atom stereocenters. The average molecular weight is 420 g/mol. The zero-order valence-corrected chi connectivity index (χ0v) is 18.0. The molecule has 31 heavy (non-hydrogen) atoms. The Bertz CT molecular complexity index is 1050. The van der Waals surface area contributed by atoms with E-state index >= 15 is 0 Å². The van der Waals surface area contributed by atoms with Crippen molar-refractivity contribution in [2.75, 3.05) is 25.5 Å². The van der Waals surface area contributed by atoms with Crippen LogP contribution in [0.5, 0.6) is 0 Å². The van der Waals surface area contributed by atoms with Crippen LogP contribution in [0.2, 0.25) is 0 Å². The van der Waals surface area contributed by atoms with Crippen molar-refractivity contribution in [3.05, 3.63) is 83.9 Å². The summed E-state index contributed by atoms with van der Waals surface area (Å²) in [5.74, 6) is 0.393. The first-order chi connectivity index (χ1) is 15.1. The summed E-state index contributed by atoms with van der Waals surface area (Å²) in [4.78, 5) is 19.2. The second-order valence-electron chi connectivity index (χ2n) is 6.97. The maximum Gasteiger partial charge on any atom is 0.225 e. The Morgan fingerprint density at radius 3 is 2.68 bits per heavy atom. The monoisotopic (exact) mass is 419 g/mol. The molecule has 0 amide bonds. The van der Waals surface area contributed by atoms with Crippen molar-refractivity contribution in [3.8, 4) is 11.1 Å². The summed E-state index contributed by atoms with van der Waals surface area (Å²) < 4.78 is 18.7. The summed E-state index contributed by atoms with van der Waals surface area (Å²) in [7, 11) is 3.55. The van der Waals surface area contributed by atoms with Crippen molar-refractivity contribution in [2.24, 2.45) is 4.99 Å². The number of likely N-dealkylation sites (N-methyl/N-ethyl adjacent to an activating group) is 1. The summed E-state index contributed by atoms with van der Waals surface area (Å²) in [5, 5.41) is 0. The molecule has 0 spiro atoms. The second-order valence-corrected chi connectivity index (χ2v) is 6.97. The number of halogens is 1. The molecule has 2 heterocycles. The Hall–Kier alpha value is -3.61. The van der Waals surface area contributed by atoms with Gasteiger partial charge in [-0.1, -0.05) is 19.1 Å². The minimum absolute atomic E-state index is 0.223. The highest BCUT2D eigenvalue weighted by atomic mass is 19.1. The van der Waals surface area contributed by atoms with Gasteiger partial charge in [0.1, 0.15) is 5.82 Å².